The molecule has 2 rings (SSSR count). The van der Waals surface area contributed by atoms with Gasteiger partial charge in [0.1, 0.15) is 19.0 Å². The van der Waals surface area contributed by atoms with Crippen LogP contribution >= 0.6 is 11.3 Å². The van der Waals surface area contributed by atoms with E-state index in [4.69, 9.17) is 14.9 Å². The van der Waals surface area contributed by atoms with Crippen molar-refractivity contribution in [3.8, 4) is 17.6 Å². The highest BCUT2D eigenvalue weighted by Gasteiger charge is 2.03. The first kappa shape index (κ1) is 13.6. The summed E-state index contributed by atoms with van der Waals surface area (Å²) in [5, 5.41) is 19.6. The van der Waals surface area contributed by atoms with Crippen molar-refractivity contribution >= 4 is 11.3 Å². The van der Waals surface area contributed by atoms with E-state index < -0.39 is 0 Å². The van der Waals surface area contributed by atoms with E-state index >= 15 is 0 Å². The van der Waals surface area contributed by atoms with Crippen LogP contribution in [-0.4, -0.2) is 16.8 Å². The number of thiophene rings is 1. The third-order valence-corrected chi connectivity index (χ3v) is 3.42. The van der Waals surface area contributed by atoms with Crippen LogP contribution in [0.25, 0.3) is 0 Å². The molecule has 0 atom stereocenters. The van der Waals surface area contributed by atoms with Gasteiger partial charge >= 0.3 is 0 Å². The number of rotatable bonds is 4. The Morgan fingerprint density at radius 2 is 1.89 bits per heavy atom. The van der Waals surface area contributed by atoms with Gasteiger partial charge in [-0.1, -0.05) is 24.0 Å². The predicted molar refractivity (Wildman–Crippen MR) is 75.0 cm³/mol. The first-order chi connectivity index (χ1) is 9.33. The largest absolute Gasteiger partial charge is 0.488 e. The summed E-state index contributed by atoms with van der Waals surface area (Å²) in [6.45, 7) is 0.344. The van der Waals surface area contributed by atoms with Gasteiger partial charge in [0.15, 0.2) is 0 Å². The van der Waals surface area contributed by atoms with Gasteiger partial charge in [0, 0.05) is 5.56 Å². The number of aliphatic hydroxyl groups excluding tert-OH is 2. The Kier molecular flexibility index (Phi) is 4.99. The zero-order valence-corrected chi connectivity index (χ0v) is 11.1. The summed E-state index contributed by atoms with van der Waals surface area (Å²) in [5.41, 5.74) is 1.75. The monoisotopic (exact) mass is 274 g/mol. The third-order valence-electron chi connectivity index (χ3n) is 2.52. The van der Waals surface area contributed by atoms with Gasteiger partial charge in [0.25, 0.3) is 0 Å². The van der Waals surface area contributed by atoms with Crippen molar-refractivity contribution in [1.82, 2.24) is 0 Å². The Morgan fingerprint density at radius 1 is 1.11 bits per heavy atom. The number of hydrogen-bond acceptors (Lipinski definition) is 4. The van der Waals surface area contributed by atoms with Crippen molar-refractivity contribution in [1.29, 1.82) is 0 Å². The van der Waals surface area contributed by atoms with Gasteiger partial charge in [-0.05, 0) is 29.1 Å². The topological polar surface area (TPSA) is 49.7 Å². The minimum atomic E-state index is -0.140. The second kappa shape index (κ2) is 6.95. The molecule has 0 saturated carbocycles. The molecule has 3 nitrogen and oxygen atoms in total. The number of ether oxygens (including phenoxy) is 1. The van der Waals surface area contributed by atoms with Gasteiger partial charge in [0.2, 0.25) is 0 Å². The first-order valence-electron chi connectivity index (χ1n) is 5.82. The fraction of sp³-hybridized carbons (Fsp3) is 0.200. The smallest absolute Gasteiger partial charge is 0.124 e. The summed E-state index contributed by atoms with van der Waals surface area (Å²) in [4.78, 5) is 1.03. The van der Waals surface area contributed by atoms with E-state index in [1.165, 1.54) is 0 Å². The molecular weight excluding hydrogens is 260 g/mol. The van der Waals surface area contributed by atoms with Crippen molar-refractivity contribution in [3.63, 3.8) is 0 Å². The average molecular weight is 274 g/mol. The minimum Gasteiger partial charge on any atom is -0.488 e. The predicted octanol–water partition coefficient (Wildman–Crippen LogP) is 2.16. The highest BCUT2D eigenvalue weighted by Crippen LogP contribution is 2.19. The molecule has 98 valence electrons. The molecule has 0 radical (unpaired) electrons. The summed E-state index contributed by atoms with van der Waals surface area (Å²) < 4.78 is 5.67. The molecule has 0 fully saturated rings. The maximum Gasteiger partial charge on any atom is 0.124 e. The lowest BCUT2D eigenvalue weighted by Gasteiger charge is -2.05. The fourth-order valence-electron chi connectivity index (χ4n) is 1.54. The van der Waals surface area contributed by atoms with E-state index in [2.05, 4.69) is 11.8 Å². The number of aliphatic hydroxyl groups is 2. The lowest BCUT2D eigenvalue weighted by Crippen LogP contribution is -1.95. The van der Waals surface area contributed by atoms with Crippen LogP contribution in [0.2, 0.25) is 0 Å². The summed E-state index contributed by atoms with van der Waals surface area (Å²) in [6.07, 6.45) is 0. The van der Waals surface area contributed by atoms with E-state index in [0.29, 0.717) is 6.61 Å². The minimum absolute atomic E-state index is 0.0338. The zero-order chi connectivity index (χ0) is 13.5. The summed E-state index contributed by atoms with van der Waals surface area (Å²) in [6, 6.07) is 9.24. The van der Waals surface area contributed by atoms with E-state index in [1.807, 2.05) is 35.7 Å². The molecule has 4 heteroatoms. The molecule has 1 aromatic heterocycles. The average Bonchev–Trinajstić information content (AvgIpc) is 2.91. The summed E-state index contributed by atoms with van der Waals surface area (Å²) in [7, 11) is 0. The Balaban J connectivity index is 2.00. The fourth-order valence-corrected chi connectivity index (χ4v) is 2.28. The molecule has 0 unspecified atom stereocenters. The van der Waals surface area contributed by atoms with Crippen LogP contribution in [-0.2, 0) is 13.2 Å². The Bertz CT molecular complexity index is 575. The normalized spacial score (nSPS) is 9.79. The van der Waals surface area contributed by atoms with Gasteiger partial charge in [-0.25, -0.2) is 0 Å². The molecule has 0 saturated heterocycles. The molecular formula is C15H14O3S. The molecule has 0 aliphatic heterocycles. The molecule has 2 N–H and O–H groups in total. The highest BCUT2D eigenvalue weighted by atomic mass is 32.1. The van der Waals surface area contributed by atoms with Crippen LogP contribution < -0.4 is 4.74 Å². The first-order valence-corrected chi connectivity index (χ1v) is 6.70. The Morgan fingerprint density at radius 3 is 2.58 bits per heavy atom. The lowest BCUT2D eigenvalue weighted by atomic mass is 10.2. The summed E-state index contributed by atoms with van der Waals surface area (Å²) in [5.74, 6) is 6.28. The van der Waals surface area contributed by atoms with E-state index in [9.17, 15) is 0 Å². The van der Waals surface area contributed by atoms with Crippen molar-refractivity contribution < 1.29 is 14.9 Å². The molecule has 1 aromatic carbocycles. The van der Waals surface area contributed by atoms with Crippen molar-refractivity contribution in [2.24, 2.45) is 0 Å². The molecule has 0 aliphatic rings. The summed E-state index contributed by atoms with van der Waals surface area (Å²) >= 11 is 1.58. The van der Waals surface area contributed by atoms with Gasteiger partial charge in [-0.3, -0.25) is 0 Å². The Labute approximate surface area is 116 Å². The van der Waals surface area contributed by atoms with Crippen LogP contribution in [0.1, 0.15) is 16.0 Å². The van der Waals surface area contributed by atoms with Crippen LogP contribution in [0.4, 0.5) is 0 Å². The van der Waals surface area contributed by atoms with Crippen LogP contribution in [0.5, 0.6) is 5.75 Å². The molecule has 0 bridgehead atoms. The van der Waals surface area contributed by atoms with Gasteiger partial charge in [-0.2, -0.15) is 0 Å². The van der Waals surface area contributed by atoms with Crippen molar-refractivity contribution in [2.45, 2.75) is 13.2 Å². The quantitative estimate of drug-likeness (QED) is 0.840. The maximum atomic E-state index is 8.95. The molecule has 0 spiro atoms. The van der Waals surface area contributed by atoms with Crippen LogP contribution in [0.15, 0.2) is 35.7 Å². The van der Waals surface area contributed by atoms with Crippen LogP contribution in [0.3, 0.4) is 0 Å². The highest BCUT2D eigenvalue weighted by molar-refractivity contribution is 7.10. The third kappa shape index (κ3) is 3.83. The standard InChI is InChI=1S/C15H14O3S/c16-8-1-2-13-7-9-19-15(13)11-18-14-5-3-12(10-17)4-6-14/h3-7,9,16-17H,8,10-11H2. The molecule has 0 aliphatic carbocycles. The van der Waals surface area contributed by atoms with Crippen LogP contribution in [0, 0.1) is 11.8 Å². The van der Waals surface area contributed by atoms with E-state index in [0.717, 1.165) is 21.8 Å². The van der Waals surface area contributed by atoms with Gasteiger partial charge < -0.3 is 14.9 Å². The molecule has 1 heterocycles. The van der Waals surface area contributed by atoms with Crippen molar-refractivity contribution in [2.75, 3.05) is 6.61 Å². The Hall–Kier alpha value is -1.80. The van der Waals surface area contributed by atoms with E-state index in [1.54, 1.807) is 11.3 Å². The van der Waals surface area contributed by atoms with Gasteiger partial charge in [-0.15, -0.1) is 11.3 Å². The number of benzene rings is 1. The number of hydrogen-bond donors (Lipinski definition) is 2. The molecule has 0 amide bonds. The van der Waals surface area contributed by atoms with Gasteiger partial charge in [0.05, 0.1) is 11.5 Å². The maximum absolute atomic E-state index is 8.95. The molecule has 19 heavy (non-hydrogen) atoms. The second-order valence-corrected chi connectivity index (χ2v) is 4.81. The van der Waals surface area contributed by atoms with E-state index in [-0.39, 0.29) is 13.2 Å². The second-order valence-electron chi connectivity index (χ2n) is 3.81. The van der Waals surface area contributed by atoms with Crippen molar-refractivity contribution in [3.05, 3.63) is 51.7 Å². The SMILES string of the molecule is OCC#Cc1ccsc1COc1ccc(CO)cc1. The molecule has 2 aromatic rings. The zero-order valence-electron chi connectivity index (χ0n) is 10.3. The lowest BCUT2D eigenvalue weighted by molar-refractivity contribution is 0.281.